The monoisotopic (exact) mass is 356 g/mol. The number of nitrogens with one attached hydrogen (secondary N) is 1. The summed E-state index contributed by atoms with van der Waals surface area (Å²) in [5, 5.41) is 24.0. The predicted octanol–water partition coefficient (Wildman–Crippen LogP) is 2.95. The van der Waals surface area contributed by atoms with Crippen molar-refractivity contribution < 1.29 is 10.2 Å². The smallest absolute Gasteiger partial charge is 0.0940 e. The molecule has 1 aromatic carbocycles. The third-order valence-electron chi connectivity index (χ3n) is 5.24. The van der Waals surface area contributed by atoms with Crippen LogP contribution in [0.1, 0.15) is 37.5 Å². The first-order valence-electron chi connectivity index (χ1n) is 9.28. The maximum atomic E-state index is 10.7. The van der Waals surface area contributed by atoms with Crippen molar-refractivity contribution in [2.45, 2.75) is 51.1 Å². The number of allylic oxidation sites excluding steroid dienone is 5. The van der Waals surface area contributed by atoms with Crippen molar-refractivity contribution in [3.8, 4) is 0 Å². The summed E-state index contributed by atoms with van der Waals surface area (Å²) < 4.78 is 0. The van der Waals surface area contributed by atoms with Gasteiger partial charge in [-0.05, 0) is 51.1 Å². The van der Waals surface area contributed by atoms with Crippen LogP contribution in [0.15, 0.2) is 60.2 Å². The van der Waals surface area contributed by atoms with E-state index >= 15 is 0 Å². The molecule has 1 aromatic rings. The van der Waals surface area contributed by atoms with Crippen LogP contribution in [-0.2, 0) is 6.54 Å². The molecule has 142 valence electrons. The molecule has 0 aromatic heterocycles. The Balaban J connectivity index is 1.98. The number of likely N-dealkylation sites (N-methyl/N-ethyl adjacent to an activating group) is 2. The molecule has 26 heavy (non-hydrogen) atoms. The molecular formula is C22H32N2O2. The predicted molar refractivity (Wildman–Crippen MR) is 108 cm³/mol. The minimum atomic E-state index is -0.518. The van der Waals surface area contributed by atoms with Gasteiger partial charge in [0.1, 0.15) is 0 Å². The number of nitrogens with zero attached hydrogens (tertiary/aromatic N) is 1. The quantitative estimate of drug-likeness (QED) is 0.670. The van der Waals surface area contributed by atoms with Crippen molar-refractivity contribution in [3.05, 3.63) is 71.3 Å². The number of hydrogen-bond acceptors (Lipinski definition) is 4. The van der Waals surface area contributed by atoms with E-state index in [4.69, 9.17) is 0 Å². The zero-order valence-corrected chi connectivity index (χ0v) is 16.3. The molecule has 1 aliphatic carbocycles. The molecule has 4 heteroatoms. The van der Waals surface area contributed by atoms with Crippen LogP contribution in [0.4, 0.5) is 0 Å². The first kappa shape index (κ1) is 20.6. The van der Waals surface area contributed by atoms with E-state index in [0.29, 0.717) is 0 Å². The van der Waals surface area contributed by atoms with Crippen molar-refractivity contribution in [1.82, 2.24) is 10.2 Å². The van der Waals surface area contributed by atoms with Gasteiger partial charge in [-0.3, -0.25) is 4.90 Å². The van der Waals surface area contributed by atoms with Gasteiger partial charge in [0, 0.05) is 18.6 Å². The van der Waals surface area contributed by atoms with Crippen LogP contribution in [-0.4, -0.2) is 47.4 Å². The van der Waals surface area contributed by atoms with Gasteiger partial charge >= 0.3 is 0 Å². The van der Waals surface area contributed by atoms with Gasteiger partial charge in [0.2, 0.25) is 0 Å². The summed E-state index contributed by atoms with van der Waals surface area (Å²) in [5.41, 5.74) is 3.11. The van der Waals surface area contributed by atoms with Crippen LogP contribution in [0.5, 0.6) is 0 Å². The highest BCUT2D eigenvalue weighted by Crippen LogP contribution is 2.21. The molecule has 0 aliphatic heterocycles. The lowest BCUT2D eigenvalue weighted by molar-refractivity contribution is 0.0930. The zero-order valence-electron chi connectivity index (χ0n) is 16.3. The standard InChI is InChI=1S/C22H32N2O2/c1-16(23-3)21(25)20-13-11-18(12-14-20)15-24(4)17(2)22(26)19-9-7-5-6-8-10-19/h5-9,11-14,16-17,21-23,25-26H,10,15H2,1-4H3. The molecule has 3 N–H and O–H groups in total. The average molecular weight is 357 g/mol. The molecule has 0 saturated carbocycles. The molecule has 0 radical (unpaired) electrons. The molecule has 0 heterocycles. The van der Waals surface area contributed by atoms with Crippen LogP contribution in [0.25, 0.3) is 0 Å². The summed E-state index contributed by atoms with van der Waals surface area (Å²) in [4.78, 5) is 2.16. The molecule has 0 fully saturated rings. The lowest BCUT2D eigenvalue weighted by Gasteiger charge is -2.30. The second-order valence-corrected chi connectivity index (χ2v) is 7.12. The van der Waals surface area contributed by atoms with Crippen molar-refractivity contribution in [2.24, 2.45) is 0 Å². The van der Waals surface area contributed by atoms with E-state index in [2.05, 4.69) is 23.2 Å². The fraction of sp³-hybridized carbons (Fsp3) is 0.455. The molecule has 0 bridgehead atoms. The summed E-state index contributed by atoms with van der Waals surface area (Å²) in [5.74, 6) is 0. The van der Waals surface area contributed by atoms with Gasteiger partial charge in [-0.2, -0.15) is 0 Å². The molecular weight excluding hydrogens is 324 g/mol. The molecule has 4 unspecified atom stereocenters. The summed E-state index contributed by atoms with van der Waals surface area (Å²) in [7, 11) is 3.88. The van der Waals surface area contributed by atoms with Gasteiger partial charge in [-0.25, -0.2) is 0 Å². The Kier molecular flexibility index (Phi) is 7.79. The van der Waals surface area contributed by atoms with Crippen LogP contribution in [0.2, 0.25) is 0 Å². The van der Waals surface area contributed by atoms with E-state index in [1.54, 1.807) is 0 Å². The Morgan fingerprint density at radius 2 is 1.73 bits per heavy atom. The zero-order chi connectivity index (χ0) is 19.1. The van der Waals surface area contributed by atoms with E-state index in [1.165, 1.54) is 0 Å². The van der Waals surface area contributed by atoms with Gasteiger partial charge in [-0.15, -0.1) is 0 Å². The molecule has 4 nitrogen and oxygen atoms in total. The first-order valence-corrected chi connectivity index (χ1v) is 9.28. The number of aliphatic hydroxyl groups is 2. The molecule has 0 amide bonds. The van der Waals surface area contributed by atoms with Crippen molar-refractivity contribution in [2.75, 3.05) is 14.1 Å². The highest BCUT2D eigenvalue weighted by Gasteiger charge is 2.22. The fourth-order valence-electron chi connectivity index (χ4n) is 3.06. The van der Waals surface area contributed by atoms with Gasteiger partial charge in [-0.1, -0.05) is 54.6 Å². The lowest BCUT2D eigenvalue weighted by Crippen LogP contribution is -2.39. The van der Waals surface area contributed by atoms with Crippen LogP contribution < -0.4 is 5.32 Å². The second-order valence-electron chi connectivity index (χ2n) is 7.12. The SMILES string of the molecule is CNC(C)C(O)c1ccc(CN(C)C(C)C(O)C2=CC=CC=CC2)cc1. The average Bonchev–Trinajstić information content (AvgIpc) is 2.95. The largest absolute Gasteiger partial charge is 0.387 e. The summed E-state index contributed by atoms with van der Waals surface area (Å²) in [6, 6.07) is 8.07. The topological polar surface area (TPSA) is 55.7 Å². The minimum Gasteiger partial charge on any atom is -0.387 e. The number of rotatable bonds is 8. The fourth-order valence-corrected chi connectivity index (χ4v) is 3.06. The number of benzene rings is 1. The Morgan fingerprint density at radius 1 is 1.04 bits per heavy atom. The van der Waals surface area contributed by atoms with E-state index in [1.807, 2.05) is 69.6 Å². The van der Waals surface area contributed by atoms with E-state index < -0.39 is 12.2 Å². The maximum absolute atomic E-state index is 10.7. The van der Waals surface area contributed by atoms with Gasteiger partial charge in [0.25, 0.3) is 0 Å². The third kappa shape index (κ3) is 5.39. The molecule has 4 atom stereocenters. The van der Waals surface area contributed by atoms with Gasteiger partial charge in [0.05, 0.1) is 12.2 Å². The first-order chi connectivity index (χ1) is 12.4. The third-order valence-corrected chi connectivity index (χ3v) is 5.24. The van der Waals surface area contributed by atoms with E-state index in [9.17, 15) is 10.2 Å². The summed E-state index contributed by atoms with van der Waals surface area (Å²) in [6.07, 6.45) is 9.82. The van der Waals surface area contributed by atoms with E-state index in [0.717, 1.165) is 29.7 Å². The van der Waals surface area contributed by atoms with Crippen LogP contribution in [0, 0.1) is 0 Å². The summed E-state index contributed by atoms with van der Waals surface area (Å²) >= 11 is 0. The Labute approximate surface area is 157 Å². The Morgan fingerprint density at radius 3 is 2.38 bits per heavy atom. The van der Waals surface area contributed by atoms with Crippen LogP contribution in [0.3, 0.4) is 0 Å². The highest BCUT2D eigenvalue weighted by molar-refractivity contribution is 5.27. The number of hydrogen-bond donors (Lipinski definition) is 3. The minimum absolute atomic E-state index is 0.00893. The lowest BCUT2D eigenvalue weighted by atomic mass is 9.98. The summed E-state index contributed by atoms with van der Waals surface area (Å²) in [6.45, 7) is 4.76. The Hall–Kier alpha value is -1.72. The van der Waals surface area contributed by atoms with Gasteiger partial charge < -0.3 is 15.5 Å². The maximum Gasteiger partial charge on any atom is 0.0940 e. The Bertz CT molecular complexity index is 649. The molecule has 1 aliphatic rings. The van der Waals surface area contributed by atoms with Gasteiger partial charge in [0.15, 0.2) is 0 Å². The van der Waals surface area contributed by atoms with Crippen molar-refractivity contribution in [3.63, 3.8) is 0 Å². The molecule has 0 saturated heterocycles. The second kappa shape index (κ2) is 9.83. The molecule has 0 spiro atoms. The van der Waals surface area contributed by atoms with Crippen molar-refractivity contribution >= 4 is 0 Å². The number of aliphatic hydroxyl groups excluding tert-OH is 2. The van der Waals surface area contributed by atoms with Crippen molar-refractivity contribution in [1.29, 1.82) is 0 Å². The normalized spacial score (nSPS) is 19.0. The van der Waals surface area contributed by atoms with Crippen LogP contribution >= 0.6 is 0 Å². The highest BCUT2D eigenvalue weighted by atomic mass is 16.3. The molecule has 2 rings (SSSR count). The van der Waals surface area contributed by atoms with E-state index in [-0.39, 0.29) is 12.1 Å².